The molecule has 0 amide bonds. The maximum absolute atomic E-state index is 11.4. The van der Waals surface area contributed by atoms with Crippen molar-refractivity contribution in [2.45, 2.75) is 25.7 Å². The zero-order chi connectivity index (χ0) is 13.8. The number of aliphatic carboxylic acids is 1. The molecule has 0 saturated carbocycles. The molecule has 100 valence electrons. The van der Waals surface area contributed by atoms with Crippen molar-refractivity contribution in [2.24, 2.45) is 0 Å². The van der Waals surface area contributed by atoms with Gasteiger partial charge in [-0.05, 0) is 30.0 Å². The van der Waals surface area contributed by atoms with E-state index >= 15 is 0 Å². The molecule has 0 aliphatic carbocycles. The van der Waals surface area contributed by atoms with Crippen molar-refractivity contribution in [3.05, 3.63) is 36.2 Å². The number of carboxylic acids is 1. The number of aromatic nitrogens is 1. The Hall–Kier alpha value is -2.10. The summed E-state index contributed by atoms with van der Waals surface area (Å²) in [4.78, 5) is 15.7. The SMILES string of the molecule is CCCC(C(=O)O)c1nccc2ccc(OC)cc12. The average molecular weight is 259 g/mol. The van der Waals surface area contributed by atoms with Gasteiger partial charge < -0.3 is 9.84 Å². The second kappa shape index (κ2) is 5.69. The van der Waals surface area contributed by atoms with Crippen LogP contribution < -0.4 is 4.74 Å². The number of benzene rings is 1. The number of hydrogen-bond acceptors (Lipinski definition) is 3. The molecule has 1 atom stereocenters. The van der Waals surface area contributed by atoms with Gasteiger partial charge in [0.2, 0.25) is 0 Å². The molecular formula is C15H17NO3. The molecule has 1 N–H and O–H groups in total. The molecule has 1 unspecified atom stereocenters. The van der Waals surface area contributed by atoms with E-state index < -0.39 is 11.9 Å². The number of nitrogens with zero attached hydrogens (tertiary/aromatic N) is 1. The molecule has 1 heterocycles. The number of methoxy groups -OCH3 is 1. The summed E-state index contributed by atoms with van der Waals surface area (Å²) in [5.41, 5.74) is 0.616. The predicted octanol–water partition coefficient (Wildman–Crippen LogP) is 3.21. The van der Waals surface area contributed by atoms with Crippen LogP contribution in [0.5, 0.6) is 5.75 Å². The van der Waals surface area contributed by atoms with E-state index in [2.05, 4.69) is 4.98 Å². The van der Waals surface area contributed by atoms with E-state index in [-0.39, 0.29) is 0 Å². The van der Waals surface area contributed by atoms with Crippen LogP contribution in [0.15, 0.2) is 30.5 Å². The number of carbonyl (C=O) groups is 1. The number of pyridine rings is 1. The van der Waals surface area contributed by atoms with E-state index in [4.69, 9.17) is 4.74 Å². The van der Waals surface area contributed by atoms with E-state index in [1.165, 1.54) is 0 Å². The summed E-state index contributed by atoms with van der Waals surface area (Å²) in [6.07, 6.45) is 3.05. The smallest absolute Gasteiger partial charge is 0.312 e. The van der Waals surface area contributed by atoms with Crippen LogP contribution in [0.3, 0.4) is 0 Å². The number of hydrogen-bond donors (Lipinski definition) is 1. The Morgan fingerprint density at radius 2 is 2.21 bits per heavy atom. The van der Waals surface area contributed by atoms with E-state index in [1.54, 1.807) is 13.3 Å². The van der Waals surface area contributed by atoms with Gasteiger partial charge in [0.25, 0.3) is 0 Å². The first-order chi connectivity index (χ1) is 9.17. The summed E-state index contributed by atoms with van der Waals surface area (Å²) in [6.45, 7) is 1.97. The lowest BCUT2D eigenvalue weighted by atomic mass is 9.95. The van der Waals surface area contributed by atoms with E-state index in [0.717, 1.165) is 17.2 Å². The summed E-state index contributed by atoms with van der Waals surface area (Å²) in [5, 5.41) is 11.2. The fourth-order valence-electron chi connectivity index (χ4n) is 2.24. The van der Waals surface area contributed by atoms with Gasteiger partial charge in [-0.25, -0.2) is 0 Å². The third kappa shape index (κ3) is 2.67. The molecule has 0 fully saturated rings. The standard InChI is InChI=1S/C15H17NO3/c1-3-4-12(15(17)18)14-13-9-11(19-2)6-5-10(13)7-8-16-14/h5-9,12H,3-4H2,1-2H3,(H,17,18). The predicted molar refractivity (Wildman–Crippen MR) is 73.6 cm³/mol. The monoisotopic (exact) mass is 259 g/mol. The Balaban J connectivity index is 2.60. The van der Waals surface area contributed by atoms with Gasteiger partial charge in [0.05, 0.1) is 18.7 Å². The van der Waals surface area contributed by atoms with Crippen LogP contribution in [0, 0.1) is 0 Å². The van der Waals surface area contributed by atoms with Crippen LogP contribution in [0.25, 0.3) is 10.8 Å². The third-order valence-corrected chi connectivity index (χ3v) is 3.21. The maximum Gasteiger partial charge on any atom is 0.312 e. The Bertz CT molecular complexity index is 595. The molecular weight excluding hydrogens is 242 g/mol. The summed E-state index contributed by atoms with van der Waals surface area (Å²) < 4.78 is 5.20. The quantitative estimate of drug-likeness (QED) is 0.895. The fourth-order valence-corrected chi connectivity index (χ4v) is 2.24. The second-order valence-electron chi connectivity index (χ2n) is 4.46. The van der Waals surface area contributed by atoms with Crippen molar-refractivity contribution < 1.29 is 14.6 Å². The molecule has 0 bridgehead atoms. The van der Waals surface area contributed by atoms with Crippen LogP contribution in [0.2, 0.25) is 0 Å². The van der Waals surface area contributed by atoms with Crippen LogP contribution in [-0.4, -0.2) is 23.2 Å². The summed E-state index contributed by atoms with van der Waals surface area (Å²) in [6, 6.07) is 7.51. The normalized spacial score (nSPS) is 12.3. The van der Waals surface area contributed by atoms with Gasteiger partial charge in [0.1, 0.15) is 5.75 Å². The summed E-state index contributed by atoms with van der Waals surface area (Å²) in [5.74, 6) is -0.687. The minimum Gasteiger partial charge on any atom is -0.497 e. The van der Waals surface area contributed by atoms with E-state index in [9.17, 15) is 9.90 Å². The summed E-state index contributed by atoms with van der Waals surface area (Å²) >= 11 is 0. The topological polar surface area (TPSA) is 59.4 Å². The van der Waals surface area contributed by atoms with Crippen LogP contribution >= 0.6 is 0 Å². The Morgan fingerprint density at radius 1 is 1.42 bits per heavy atom. The second-order valence-corrected chi connectivity index (χ2v) is 4.46. The zero-order valence-electron chi connectivity index (χ0n) is 11.1. The minimum atomic E-state index is -0.829. The molecule has 1 aromatic heterocycles. The van der Waals surface area contributed by atoms with Gasteiger partial charge in [-0.2, -0.15) is 0 Å². The fraction of sp³-hybridized carbons (Fsp3) is 0.333. The Labute approximate surface area is 112 Å². The third-order valence-electron chi connectivity index (χ3n) is 3.21. The van der Waals surface area contributed by atoms with E-state index in [0.29, 0.717) is 17.9 Å². The molecule has 2 rings (SSSR count). The minimum absolute atomic E-state index is 0.569. The molecule has 4 heteroatoms. The molecule has 0 radical (unpaired) electrons. The zero-order valence-corrected chi connectivity index (χ0v) is 11.1. The highest BCUT2D eigenvalue weighted by atomic mass is 16.5. The van der Waals surface area contributed by atoms with Crippen LogP contribution in [0.1, 0.15) is 31.4 Å². The van der Waals surface area contributed by atoms with Gasteiger partial charge in [0, 0.05) is 11.6 Å². The number of fused-ring (bicyclic) bond motifs is 1. The molecule has 2 aromatic rings. The molecule has 0 saturated heterocycles. The van der Waals surface area contributed by atoms with Crippen molar-refractivity contribution in [1.29, 1.82) is 0 Å². The Morgan fingerprint density at radius 3 is 2.84 bits per heavy atom. The van der Waals surface area contributed by atoms with Gasteiger partial charge in [-0.1, -0.05) is 19.4 Å². The lowest BCUT2D eigenvalue weighted by molar-refractivity contribution is -0.139. The van der Waals surface area contributed by atoms with Gasteiger partial charge >= 0.3 is 5.97 Å². The van der Waals surface area contributed by atoms with Gasteiger partial charge in [-0.3, -0.25) is 9.78 Å². The van der Waals surface area contributed by atoms with Gasteiger partial charge in [0.15, 0.2) is 0 Å². The first kappa shape index (κ1) is 13.3. The average Bonchev–Trinajstić information content (AvgIpc) is 2.43. The first-order valence-corrected chi connectivity index (χ1v) is 6.32. The van der Waals surface area contributed by atoms with Crippen molar-refractivity contribution in [3.63, 3.8) is 0 Å². The molecule has 0 aliphatic heterocycles. The van der Waals surface area contributed by atoms with Gasteiger partial charge in [-0.15, -0.1) is 0 Å². The van der Waals surface area contributed by atoms with Crippen LogP contribution in [0.4, 0.5) is 0 Å². The molecule has 19 heavy (non-hydrogen) atoms. The molecule has 0 aliphatic rings. The molecule has 1 aromatic carbocycles. The number of ether oxygens (including phenoxy) is 1. The maximum atomic E-state index is 11.4. The van der Waals surface area contributed by atoms with E-state index in [1.807, 2.05) is 31.2 Å². The Kier molecular flexibility index (Phi) is 4.00. The van der Waals surface area contributed by atoms with Crippen molar-refractivity contribution in [2.75, 3.05) is 7.11 Å². The highest BCUT2D eigenvalue weighted by molar-refractivity contribution is 5.90. The van der Waals surface area contributed by atoms with Crippen molar-refractivity contribution in [3.8, 4) is 5.75 Å². The summed E-state index contributed by atoms with van der Waals surface area (Å²) in [7, 11) is 1.60. The first-order valence-electron chi connectivity index (χ1n) is 6.32. The lowest BCUT2D eigenvalue weighted by Crippen LogP contribution is -2.13. The lowest BCUT2D eigenvalue weighted by Gasteiger charge is -2.13. The number of rotatable bonds is 5. The highest BCUT2D eigenvalue weighted by Crippen LogP contribution is 2.29. The van der Waals surface area contributed by atoms with Crippen molar-refractivity contribution in [1.82, 2.24) is 4.98 Å². The van der Waals surface area contributed by atoms with Crippen LogP contribution in [-0.2, 0) is 4.79 Å². The number of carboxylic acid groups (broad SMARTS) is 1. The molecule has 4 nitrogen and oxygen atoms in total. The van der Waals surface area contributed by atoms with Crippen molar-refractivity contribution >= 4 is 16.7 Å². The molecule has 0 spiro atoms. The largest absolute Gasteiger partial charge is 0.497 e. The highest BCUT2D eigenvalue weighted by Gasteiger charge is 2.22.